The van der Waals surface area contributed by atoms with Crippen molar-refractivity contribution in [2.45, 2.75) is 18.7 Å². The lowest BCUT2D eigenvalue weighted by Crippen LogP contribution is -2.17. The summed E-state index contributed by atoms with van der Waals surface area (Å²) in [6, 6.07) is 25.0. The van der Waals surface area contributed by atoms with E-state index in [4.69, 9.17) is 9.15 Å². The van der Waals surface area contributed by atoms with Crippen molar-refractivity contribution in [1.29, 1.82) is 0 Å². The molecular formula is C28H23NO5S. The summed E-state index contributed by atoms with van der Waals surface area (Å²) in [5, 5.41) is 1.69. The first-order valence-electron chi connectivity index (χ1n) is 11.2. The van der Waals surface area contributed by atoms with E-state index in [-0.39, 0.29) is 22.8 Å². The summed E-state index contributed by atoms with van der Waals surface area (Å²) in [5.41, 5.74) is 2.54. The molecule has 0 amide bonds. The number of aryl methyl sites for hydroxylation is 1. The van der Waals surface area contributed by atoms with Gasteiger partial charge in [0.15, 0.2) is 0 Å². The largest absolute Gasteiger partial charge is 0.462 e. The fourth-order valence-corrected chi connectivity index (χ4v) is 5.21. The Morgan fingerprint density at radius 3 is 2.23 bits per heavy atom. The Bertz CT molecular complexity index is 1650. The van der Waals surface area contributed by atoms with Crippen LogP contribution in [-0.4, -0.2) is 21.0 Å². The molecule has 0 aliphatic rings. The van der Waals surface area contributed by atoms with Crippen LogP contribution in [0.2, 0.25) is 0 Å². The second-order valence-corrected chi connectivity index (χ2v) is 9.84. The van der Waals surface area contributed by atoms with Gasteiger partial charge in [0.05, 0.1) is 22.8 Å². The van der Waals surface area contributed by atoms with Crippen LogP contribution in [0.25, 0.3) is 33.1 Å². The van der Waals surface area contributed by atoms with Crippen LogP contribution in [0.3, 0.4) is 0 Å². The molecule has 0 aliphatic carbocycles. The molecule has 4 aromatic carbocycles. The molecule has 0 fully saturated rings. The van der Waals surface area contributed by atoms with E-state index in [0.717, 1.165) is 11.1 Å². The lowest BCUT2D eigenvalue weighted by atomic mass is 9.99. The zero-order valence-corrected chi connectivity index (χ0v) is 20.1. The molecule has 6 nitrogen and oxygen atoms in total. The van der Waals surface area contributed by atoms with Crippen molar-refractivity contribution in [2.24, 2.45) is 0 Å². The molecule has 5 aromatic rings. The Morgan fingerprint density at radius 1 is 0.886 bits per heavy atom. The number of carbonyl (C=O) groups is 1. The van der Waals surface area contributed by atoms with E-state index in [1.807, 2.05) is 49.4 Å². The number of carbonyl (C=O) groups excluding carboxylic acids is 1. The zero-order chi connectivity index (χ0) is 24.6. The fourth-order valence-electron chi connectivity index (χ4n) is 4.12. The number of esters is 1. The van der Waals surface area contributed by atoms with Crippen LogP contribution in [0.15, 0.2) is 94.2 Å². The van der Waals surface area contributed by atoms with Crippen LogP contribution < -0.4 is 4.72 Å². The van der Waals surface area contributed by atoms with Gasteiger partial charge in [-0.25, -0.2) is 13.2 Å². The van der Waals surface area contributed by atoms with Gasteiger partial charge in [-0.3, -0.25) is 4.72 Å². The van der Waals surface area contributed by atoms with Crippen molar-refractivity contribution in [3.63, 3.8) is 0 Å². The quantitative estimate of drug-likeness (QED) is 0.276. The van der Waals surface area contributed by atoms with Crippen LogP contribution >= 0.6 is 0 Å². The highest BCUT2D eigenvalue weighted by Crippen LogP contribution is 2.41. The minimum atomic E-state index is -3.99. The first-order valence-corrected chi connectivity index (χ1v) is 12.7. The standard InChI is InChI=1S/C28H23NO5S/c1-3-33-28(30)25-23-17-24(19-9-5-4-6-10-19)34-27(23)22-12-8-7-11-21(22)26(25)29-35(31,32)20-15-13-18(2)14-16-20/h4-17,29H,3H2,1-2H3. The summed E-state index contributed by atoms with van der Waals surface area (Å²) in [5.74, 6) is -0.0693. The van der Waals surface area contributed by atoms with Gasteiger partial charge in [0, 0.05) is 21.7 Å². The molecule has 0 unspecified atom stereocenters. The number of benzene rings is 4. The Balaban J connectivity index is 1.81. The first-order chi connectivity index (χ1) is 16.9. The van der Waals surface area contributed by atoms with Crippen molar-refractivity contribution < 1.29 is 22.4 Å². The highest BCUT2D eigenvalue weighted by molar-refractivity contribution is 7.92. The van der Waals surface area contributed by atoms with Crippen molar-refractivity contribution in [1.82, 2.24) is 0 Å². The van der Waals surface area contributed by atoms with E-state index >= 15 is 0 Å². The summed E-state index contributed by atoms with van der Waals surface area (Å²) >= 11 is 0. The number of fused-ring (bicyclic) bond motifs is 3. The van der Waals surface area contributed by atoms with E-state index in [2.05, 4.69) is 4.72 Å². The molecular weight excluding hydrogens is 462 g/mol. The summed E-state index contributed by atoms with van der Waals surface area (Å²) < 4.78 is 41.0. The second kappa shape index (κ2) is 8.92. The molecule has 0 saturated carbocycles. The van der Waals surface area contributed by atoms with Crippen molar-refractivity contribution >= 4 is 43.4 Å². The van der Waals surface area contributed by atoms with Gasteiger partial charge in [0.2, 0.25) is 0 Å². The van der Waals surface area contributed by atoms with Gasteiger partial charge < -0.3 is 9.15 Å². The number of furan rings is 1. The van der Waals surface area contributed by atoms with Crippen molar-refractivity contribution in [3.05, 3.63) is 96.1 Å². The van der Waals surface area contributed by atoms with Gasteiger partial charge in [0.1, 0.15) is 11.3 Å². The molecule has 7 heteroatoms. The van der Waals surface area contributed by atoms with E-state index < -0.39 is 16.0 Å². The summed E-state index contributed by atoms with van der Waals surface area (Å²) in [7, 11) is -3.99. The molecule has 176 valence electrons. The minimum Gasteiger partial charge on any atom is -0.462 e. The maximum Gasteiger partial charge on any atom is 0.341 e. The summed E-state index contributed by atoms with van der Waals surface area (Å²) in [6.07, 6.45) is 0. The lowest BCUT2D eigenvalue weighted by Gasteiger charge is -2.16. The number of sulfonamides is 1. The number of hydrogen-bond acceptors (Lipinski definition) is 5. The third-order valence-corrected chi connectivity index (χ3v) is 7.16. The third-order valence-electron chi connectivity index (χ3n) is 5.80. The SMILES string of the molecule is CCOC(=O)c1c(NS(=O)(=O)c2ccc(C)cc2)c2ccccc2c2oc(-c3ccccc3)cc12. The topological polar surface area (TPSA) is 85.6 Å². The van der Waals surface area contributed by atoms with Gasteiger partial charge >= 0.3 is 5.97 Å². The molecule has 0 bridgehead atoms. The maximum atomic E-state index is 13.4. The Labute approximate surface area is 203 Å². The molecule has 0 radical (unpaired) electrons. The predicted molar refractivity (Wildman–Crippen MR) is 137 cm³/mol. The molecule has 0 atom stereocenters. The normalized spacial score (nSPS) is 11.6. The Hall–Kier alpha value is -4.10. The maximum absolute atomic E-state index is 13.4. The second-order valence-electron chi connectivity index (χ2n) is 8.15. The lowest BCUT2D eigenvalue weighted by molar-refractivity contribution is 0.0530. The van der Waals surface area contributed by atoms with Crippen LogP contribution in [0, 0.1) is 6.92 Å². The van der Waals surface area contributed by atoms with Crippen LogP contribution in [-0.2, 0) is 14.8 Å². The number of rotatable bonds is 6. The monoisotopic (exact) mass is 485 g/mol. The van der Waals surface area contributed by atoms with E-state index in [1.165, 1.54) is 12.1 Å². The van der Waals surface area contributed by atoms with E-state index in [1.54, 1.807) is 37.3 Å². The summed E-state index contributed by atoms with van der Waals surface area (Å²) in [6.45, 7) is 3.73. The van der Waals surface area contributed by atoms with E-state index in [9.17, 15) is 13.2 Å². The van der Waals surface area contributed by atoms with Crippen molar-refractivity contribution in [3.8, 4) is 11.3 Å². The van der Waals surface area contributed by atoms with Crippen LogP contribution in [0.1, 0.15) is 22.8 Å². The number of hydrogen-bond donors (Lipinski definition) is 1. The zero-order valence-electron chi connectivity index (χ0n) is 19.2. The molecule has 1 heterocycles. The molecule has 1 N–H and O–H groups in total. The van der Waals surface area contributed by atoms with Crippen molar-refractivity contribution in [2.75, 3.05) is 11.3 Å². The predicted octanol–water partition coefficient (Wildman–Crippen LogP) is 6.54. The van der Waals surface area contributed by atoms with Gasteiger partial charge in [0.25, 0.3) is 10.0 Å². The van der Waals surface area contributed by atoms with Crippen LogP contribution in [0.5, 0.6) is 0 Å². The smallest absolute Gasteiger partial charge is 0.341 e. The Kier molecular flexibility index (Phi) is 5.78. The average molecular weight is 486 g/mol. The molecule has 1 aromatic heterocycles. The highest BCUT2D eigenvalue weighted by Gasteiger charge is 2.27. The van der Waals surface area contributed by atoms with Gasteiger partial charge in [-0.1, -0.05) is 72.3 Å². The molecule has 35 heavy (non-hydrogen) atoms. The third kappa shape index (κ3) is 4.15. The number of anilines is 1. The van der Waals surface area contributed by atoms with Gasteiger partial charge in [-0.15, -0.1) is 0 Å². The van der Waals surface area contributed by atoms with Gasteiger partial charge in [-0.2, -0.15) is 0 Å². The molecule has 5 rings (SSSR count). The van der Waals surface area contributed by atoms with E-state index in [0.29, 0.717) is 27.5 Å². The first kappa shape index (κ1) is 22.7. The highest BCUT2D eigenvalue weighted by atomic mass is 32.2. The molecule has 0 aliphatic heterocycles. The average Bonchev–Trinajstić information content (AvgIpc) is 3.30. The molecule has 0 spiro atoms. The van der Waals surface area contributed by atoms with Crippen LogP contribution in [0.4, 0.5) is 5.69 Å². The molecule has 0 saturated heterocycles. The van der Waals surface area contributed by atoms with Gasteiger partial charge in [-0.05, 0) is 32.0 Å². The number of nitrogens with one attached hydrogen (secondary N) is 1. The fraction of sp³-hybridized carbons (Fsp3) is 0.107. The number of ether oxygens (including phenoxy) is 1. The minimum absolute atomic E-state index is 0.0965. The summed E-state index contributed by atoms with van der Waals surface area (Å²) in [4.78, 5) is 13.3. The Morgan fingerprint density at radius 2 is 1.54 bits per heavy atom.